The van der Waals surface area contributed by atoms with E-state index in [4.69, 9.17) is 5.73 Å². The van der Waals surface area contributed by atoms with Gasteiger partial charge < -0.3 is 5.73 Å². The van der Waals surface area contributed by atoms with E-state index < -0.39 is 0 Å². The summed E-state index contributed by atoms with van der Waals surface area (Å²) in [5.74, 6) is -0.0661. The van der Waals surface area contributed by atoms with Crippen LogP contribution in [0.2, 0.25) is 0 Å². The highest BCUT2D eigenvalue weighted by molar-refractivity contribution is 7.11. The molecule has 0 spiro atoms. The first-order valence-corrected chi connectivity index (χ1v) is 4.27. The van der Waals surface area contributed by atoms with Crippen LogP contribution in [0, 0.1) is 5.92 Å². The van der Waals surface area contributed by atoms with Crippen LogP contribution in [0.15, 0.2) is 11.6 Å². The Labute approximate surface area is 69.3 Å². The highest BCUT2D eigenvalue weighted by Gasteiger charge is 2.14. The van der Waals surface area contributed by atoms with Crippen LogP contribution in [0.4, 0.5) is 0 Å². The summed E-state index contributed by atoms with van der Waals surface area (Å²) in [6.07, 6.45) is 1.63. The molecule has 60 valence electrons. The summed E-state index contributed by atoms with van der Waals surface area (Å²) in [4.78, 5) is 15.2. The van der Waals surface area contributed by atoms with Crippen molar-refractivity contribution in [1.29, 1.82) is 0 Å². The molecule has 0 radical (unpaired) electrons. The molecular weight excluding hydrogens is 160 g/mol. The van der Waals surface area contributed by atoms with Crippen molar-refractivity contribution in [2.24, 2.45) is 11.7 Å². The lowest BCUT2D eigenvalue weighted by molar-refractivity contribution is 0.0934. The lowest BCUT2D eigenvalue weighted by Crippen LogP contribution is -2.20. The van der Waals surface area contributed by atoms with Crippen LogP contribution in [0.3, 0.4) is 0 Å². The fraction of sp³-hybridized carbons (Fsp3) is 0.429. The van der Waals surface area contributed by atoms with Crippen LogP contribution in [0.25, 0.3) is 0 Å². The second-order valence-electron chi connectivity index (χ2n) is 2.34. The molecule has 0 aliphatic heterocycles. The lowest BCUT2D eigenvalue weighted by Gasteiger charge is -2.02. The van der Waals surface area contributed by atoms with Crippen molar-refractivity contribution < 1.29 is 4.79 Å². The highest BCUT2D eigenvalue weighted by atomic mass is 32.1. The number of hydrogen-bond donors (Lipinski definition) is 1. The number of hydrogen-bond acceptors (Lipinski definition) is 4. The predicted octanol–water partition coefficient (Wildman–Crippen LogP) is 0.921. The average molecular weight is 170 g/mol. The quantitative estimate of drug-likeness (QED) is 0.686. The smallest absolute Gasteiger partial charge is 0.195 e. The summed E-state index contributed by atoms with van der Waals surface area (Å²) in [5.41, 5.74) is 5.34. The number of carbonyl (C=O) groups is 1. The van der Waals surface area contributed by atoms with Gasteiger partial charge in [-0.3, -0.25) is 4.79 Å². The molecule has 0 aromatic carbocycles. The van der Waals surface area contributed by atoms with Gasteiger partial charge in [-0.2, -0.15) is 0 Å². The maximum Gasteiger partial charge on any atom is 0.195 e. The number of carbonyl (C=O) groups excluding carboxylic acids is 1. The Morgan fingerprint density at radius 1 is 1.91 bits per heavy atom. The van der Waals surface area contributed by atoms with Crippen LogP contribution >= 0.6 is 11.3 Å². The minimum atomic E-state index is -0.110. The first-order chi connectivity index (χ1) is 5.25. The third kappa shape index (κ3) is 1.85. The number of nitrogens with two attached hydrogens (primary N) is 1. The van der Waals surface area contributed by atoms with Crippen molar-refractivity contribution in [1.82, 2.24) is 4.98 Å². The number of thiazole rings is 1. The third-order valence-electron chi connectivity index (χ3n) is 1.44. The fourth-order valence-corrected chi connectivity index (χ4v) is 1.35. The van der Waals surface area contributed by atoms with Gasteiger partial charge in [-0.05, 0) is 0 Å². The number of rotatable bonds is 3. The summed E-state index contributed by atoms with van der Waals surface area (Å²) in [7, 11) is 0. The topological polar surface area (TPSA) is 56.0 Å². The maximum atomic E-state index is 11.3. The van der Waals surface area contributed by atoms with Gasteiger partial charge in [0.25, 0.3) is 0 Å². The van der Waals surface area contributed by atoms with Gasteiger partial charge in [0.1, 0.15) is 0 Å². The van der Waals surface area contributed by atoms with Gasteiger partial charge in [0.15, 0.2) is 10.8 Å². The summed E-state index contributed by atoms with van der Waals surface area (Å²) in [5, 5.41) is 2.35. The molecule has 0 aliphatic carbocycles. The Morgan fingerprint density at radius 3 is 3.09 bits per heavy atom. The minimum Gasteiger partial charge on any atom is -0.330 e. The summed E-state index contributed by atoms with van der Waals surface area (Å²) >= 11 is 1.36. The molecule has 0 saturated heterocycles. The van der Waals surface area contributed by atoms with E-state index >= 15 is 0 Å². The van der Waals surface area contributed by atoms with Crippen molar-refractivity contribution in [3.05, 3.63) is 16.6 Å². The fourth-order valence-electron chi connectivity index (χ4n) is 0.663. The molecular formula is C7H10N2OS. The molecule has 1 atom stereocenters. The summed E-state index contributed by atoms with van der Waals surface area (Å²) in [6.45, 7) is 2.20. The SMILES string of the molecule is CC(CN)C(=O)c1nccs1. The Kier molecular flexibility index (Phi) is 2.73. The van der Waals surface area contributed by atoms with E-state index in [-0.39, 0.29) is 11.7 Å². The zero-order valence-electron chi connectivity index (χ0n) is 6.28. The van der Waals surface area contributed by atoms with E-state index in [0.29, 0.717) is 11.6 Å². The molecule has 1 rings (SSSR count). The van der Waals surface area contributed by atoms with Crippen molar-refractivity contribution in [2.45, 2.75) is 6.92 Å². The molecule has 3 nitrogen and oxygen atoms in total. The monoisotopic (exact) mass is 170 g/mol. The molecule has 1 aromatic heterocycles. The summed E-state index contributed by atoms with van der Waals surface area (Å²) in [6, 6.07) is 0. The molecule has 11 heavy (non-hydrogen) atoms. The zero-order chi connectivity index (χ0) is 8.27. The Hall–Kier alpha value is -0.740. The van der Waals surface area contributed by atoms with E-state index in [9.17, 15) is 4.79 Å². The highest BCUT2D eigenvalue weighted by Crippen LogP contribution is 2.09. The van der Waals surface area contributed by atoms with Gasteiger partial charge in [0, 0.05) is 24.0 Å². The Bertz CT molecular complexity index is 233. The molecule has 4 heteroatoms. The minimum absolute atomic E-state index is 0.0440. The zero-order valence-corrected chi connectivity index (χ0v) is 7.10. The number of Topliss-reactive ketones (excluding diaryl/α,β-unsaturated/α-hetero) is 1. The van der Waals surface area contributed by atoms with Crippen LogP contribution in [-0.4, -0.2) is 17.3 Å². The average Bonchev–Trinajstić information content (AvgIpc) is 2.53. The first kappa shape index (κ1) is 8.36. The number of aromatic nitrogens is 1. The maximum absolute atomic E-state index is 11.3. The second kappa shape index (κ2) is 3.59. The Morgan fingerprint density at radius 2 is 2.64 bits per heavy atom. The number of ketones is 1. The third-order valence-corrected chi connectivity index (χ3v) is 2.23. The standard InChI is InChI=1S/C7H10N2OS/c1-5(4-8)6(10)7-9-2-3-11-7/h2-3,5H,4,8H2,1H3. The molecule has 0 bridgehead atoms. The van der Waals surface area contributed by atoms with E-state index in [1.807, 2.05) is 6.92 Å². The van der Waals surface area contributed by atoms with E-state index in [1.165, 1.54) is 11.3 Å². The molecule has 1 heterocycles. The second-order valence-corrected chi connectivity index (χ2v) is 3.23. The normalized spacial score (nSPS) is 12.9. The Balaban J connectivity index is 2.70. The van der Waals surface area contributed by atoms with Gasteiger partial charge in [-0.25, -0.2) is 4.98 Å². The van der Waals surface area contributed by atoms with Crippen molar-refractivity contribution in [3.63, 3.8) is 0 Å². The van der Waals surface area contributed by atoms with E-state index in [2.05, 4.69) is 4.98 Å². The van der Waals surface area contributed by atoms with Crippen LogP contribution < -0.4 is 5.73 Å². The molecule has 0 fully saturated rings. The number of nitrogens with zero attached hydrogens (tertiary/aromatic N) is 1. The van der Waals surface area contributed by atoms with Gasteiger partial charge in [0.05, 0.1) is 0 Å². The van der Waals surface area contributed by atoms with Gasteiger partial charge in [-0.1, -0.05) is 6.92 Å². The van der Waals surface area contributed by atoms with Crippen molar-refractivity contribution in [3.8, 4) is 0 Å². The molecule has 2 N–H and O–H groups in total. The largest absolute Gasteiger partial charge is 0.330 e. The first-order valence-electron chi connectivity index (χ1n) is 3.39. The van der Waals surface area contributed by atoms with Gasteiger partial charge in [0.2, 0.25) is 0 Å². The molecule has 0 saturated carbocycles. The van der Waals surface area contributed by atoms with Gasteiger partial charge in [-0.15, -0.1) is 11.3 Å². The van der Waals surface area contributed by atoms with E-state index in [1.54, 1.807) is 11.6 Å². The van der Waals surface area contributed by atoms with Crippen molar-refractivity contribution in [2.75, 3.05) is 6.54 Å². The summed E-state index contributed by atoms with van der Waals surface area (Å²) < 4.78 is 0. The lowest BCUT2D eigenvalue weighted by atomic mass is 10.1. The molecule has 1 aromatic rings. The van der Waals surface area contributed by atoms with E-state index in [0.717, 1.165) is 0 Å². The molecule has 0 amide bonds. The molecule has 0 aliphatic rings. The predicted molar refractivity (Wildman–Crippen MR) is 44.7 cm³/mol. The van der Waals surface area contributed by atoms with Gasteiger partial charge >= 0.3 is 0 Å². The van der Waals surface area contributed by atoms with Crippen LogP contribution in [0.1, 0.15) is 16.7 Å². The molecule has 1 unspecified atom stereocenters. The van der Waals surface area contributed by atoms with Crippen LogP contribution in [-0.2, 0) is 0 Å². The van der Waals surface area contributed by atoms with Crippen molar-refractivity contribution >= 4 is 17.1 Å². The van der Waals surface area contributed by atoms with Crippen LogP contribution in [0.5, 0.6) is 0 Å².